The third-order valence-electron chi connectivity index (χ3n) is 4.90. The van der Waals surface area contributed by atoms with Crippen molar-refractivity contribution in [2.45, 2.75) is 26.8 Å². The second-order valence-electron chi connectivity index (χ2n) is 6.80. The second kappa shape index (κ2) is 8.05. The molecular formula is C21H21N5O5. The first-order valence-electron chi connectivity index (χ1n) is 9.85. The molecule has 0 fully saturated rings. The van der Waals surface area contributed by atoms with Crippen LogP contribution >= 0.6 is 0 Å². The van der Waals surface area contributed by atoms with Gasteiger partial charge in [-0.3, -0.25) is 9.36 Å². The van der Waals surface area contributed by atoms with Gasteiger partial charge < -0.3 is 14.8 Å². The maximum Gasteiger partial charge on any atom is 0.345 e. The van der Waals surface area contributed by atoms with E-state index in [4.69, 9.17) is 9.47 Å². The van der Waals surface area contributed by atoms with E-state index < -0.39 is 23.5 Å². The average molecular weight is 423 g/mol. The molecule has 2 aromatic heterocycles. The van der Waals surface area contributed by atoms with Crippen molar-refractivity contribution in [2.75, 3.05) is 18.5 Å². The van der Waals surface area contributed by atoms with E-state index >= 15 is 0 Å². The maximum atomic E-state index is 12.9. The van der Waals surface area contributed by atoms with Gasteiger partial charge in [-0.15, -0.1) is 5.10 Å². The molecule has 0 spiro atoms. The first-order valence-corrected chi connectivity index (χ1v) is 9.85. The fraction of sp³-hybridized carbons (Fsp3) is 0.286. The Morgan fingerprint density at radius 1 is 1.10 bits per heavy atom. The highest BCUT2D eigenvalue weighted by atomic mass is 16.5. The van der Waals surface area contributed by atoms with Gasteiger partial charge in [0, 0.05) is 5.70 Å². The van der Waals surface area contributed by atoms with Gasteiger partial charge in [0.05, 0.1) is 31.0 Å². The van der Waals surface area contributed by atoms with Crippen molar-refractivity contribution < 1.29 is 19.1 Å². The van der Waals surface area contributed by atoms with Crippen molar-refractivity contribution in [3.63, 3.8) is 0 Å². The first kappa shape index (κ1) is 20.3. The van der Waals surface area contributed by atoms with Crippen molar-refractivity contribution in [1.82, 2.24) is 19.2 Å². The quantitative estimate of drug-likeness (QED) is 0.619. The molecule has 3 heterocycles. The zero-order valence-corrected chi connectivity index (χ0v) is 17.3. The summed E-state index contributed by atoms with van der Waals surface area (Å²) in [5.74, 6) is -0.771. The third kappa shape index (κ3) is 3.35. The molecule has 0 bridgehead atoms. The standard InChI is InChI=1S/C21H21N5O5/c1-4-30-18(28)14-11-22-21-25-16(13-9-7-6-8-10-13)15(19(29)31-5-2)12(3)23-20(25)24-26(21)17(14)27/h6-11,16H,4-5H2,1-3H3,(H,23,24). The lowest BCUT2D eigenvalue weighted by Gasteiger charge is -2.29. The Labute approximate surface area is 177 Å². The lowest BCUT2D eigenvalue weighted by molar-refractivity contribution is -0.139. The van der Waals surface area contributed by atoms with Crippen LogP contribution in [0.2, 0.25) is 0 Å². The molecular weight excluding hydrogens is 402 g/mol. The van der Waals surface area contributed by atoms with E-state index in [0.29, 0.717) is 17.2 Å². The van der Waals surface area contributed by atoms with Crippen LogP contribution in [0, 0.1) is 0 Å². The van der Waals surface area contributed by atoms with Gasteiger partial charge in [0.25, 0.3) is 5.56 Å². The number of rotatable bonds is 5. The Kier molecular flexibility index (Phi) is 5.28. The topological polar surface area (TPSA) is 117 Å². The highest BCUT2D eigenvalue weighted by molar-refractivity contribution is 5.93. The van der Waals surface area contributed by atoms with E-state index in [1.165, 1.54) is 6.20 Å². The molecule has 1 aromatic carbocycles. The Bertz CT molecular complexity index is 1260. The molecule has 10 nitrogen and oxygen atoms in total. The fourth-order valence-corrected chi connectivity index (χ4v) is 3.59. The van der Waals surface area contributed by atoms with Gasteiger partial charge in [0.15, 0.2) is 0 Å². The van der Waals surface area contributed by atoms with Gasteiger partial charge in [0.1, 0.15) is 5.56 Å². The van der Waals surface area contributed by atoms with Gasteiger partial charge in [-0.25, -0.2) is 14.6 Å². The molecule has 1 unspecified atom stereocenters. The Hall–Kier alpha value is -3.95. The number of allylic oxidation sites excluding steroid dienone is 1. The van der Waals surface area contributed by atoms with Gasteiger partial charge in [0.2, 0.25) is 11.7 Å². The van der Waals surface area contributed by atoms with Crippen molar-refractivity contribution in [2.24, 2.45) is 0 Å². The molecule has 0 saturated heterocycles. The summed E-state index contributed by atoms with van der Waals surface area (Å²) in [5.41, 5.74) is 0.838. The number of fused-ring (bicyclic) bond motifs is 3. The number of anilines is 1. The highest BCUT2D eigenvalue weighted by Crippen LogP contribution is 2.37. The van der Waals surface area contributed by atoms with Crippen LogP contribution in [-0.4, -0.2) is 44.3 Å². The summed E-state index contributed by atoms with van der Waals surface area (Å²) in [6.07, 6.45) is 1.17. The van der Waals surface area contributed by atoms with Crippen molar-refractivity contribution in [3.05, 3.63) is 69.3 Å². The molecule has 0 amide bonds. The molecule has 0 aliphatic carbocycles. The van der Waals surface area contributed by atoms with E-state index in [1.807, 2.05) is 30.3 Å². The molecule has 0 saturated carbocycles. The molecule has 1 atom stereocenters. The Balaban J connectivity index is 1.96. The monoisotopic (exact) mass is 423 g/mol. The number of aromatic nitrogens is 4. The molecule has 1 N–H and O–H groups in total. The van der Waals surface area contributed by atoms with Gasteiger partial charge in [-0.2, -0.15) is 4.52 Å². The fourth-order valence-electron chi connectivity index (χ4n) is 3.59. The summed E-state index contributed by atoms with van der Waals surface area (Å²) in [4.78, 5) is 42.2. The van der Waals surface area contributed by atoms with Gasteiger partial charge in [-0.1, -0.05) is 30.3 Å². The van der Waals surface area contributed by atoms with Crippen molar-refractivity contribution >= 4 is 23.7 Å². The van der Waals surface area contributed by atoms with Crippen LogP contribution in [0.3, 0.4) is 0 Å². The van der Waals surface area contributed by atoms with Crippen LogP contribution in [-0.2, 0) is 14.3 Å². The Morgan fingerprint density at radius 3 is 2.45 bits per heavy atom. The molecule has 0 radical (unpaired) electrons. The summed E-state index contributed by atoms with van der Waals surface area (Å²) < 4.78 is 12.9. The molecule has 160 valence electrons. The van der Waals surface area contributed by atoms with Crippen molar-refractivity contribution in [1.29, 1.82) is 0 Å². The van der Waals surface area contributed by atoms with Crippen LogP contribution in [0.15, 0.2) is 52.6 Å². The van der Waals surface area contributed by atoms with E-state index in [1.54, 1.807) is 25.3 Å². The van der Waals surface area contributed by atoms with E-state index in [0.717, 1.165) is 10.1 Å². The van der Waals surface area contributed by atoms with Gasteiger partial charge in [-0.05, 0) is 26.3 Å². The number of nitrogens with zero attached hydrogens (tertiary/aromatic N) is 4. The molecule has 4 rings (SSSR count). The predicted octanol–water partition coefficient (Wildman–Crippen LogP) is 1.92. The summed E-state index contributed by atoms with van der Waals surface area (Å²) >= 11 is 0. The van der Waals surface area contributed by atoms with E-state index in [9.17, 15) is 14.4 Å². The lowest BCUT2D eigenvalue weighted by atomic mass is 9.95. The minimum Gasteiger partial charge on any atom is -0.463 e. The SMILES string of the molecule is CCOC(=O)C1=C(C)Nc2nn3c(=O)c(C(=O)OCC)cnc3n2C1c1ccccc1. The normalized spacial score (nSPS) is 15.4. The minimum absolute atomic E-state index is 0.129. The molecule has 1 aliphatic heterocycles. The highest BCUT2D eigenvalue weighted by Gasteiger charge is 2.36. The molecule has 10 heteroatoms. The minimum atomic E-state index is -0.769. The average Bonchev–Trinajstić information content (AvgIpc) is 3.12. The Morgan fingerprint density at radius 2 is 1.77 bits per heavy atom. The largest absolute Gasteiger partial charge is 0.463 e. The zero-order chi connectivity index (χ0) is 22.1. The summed E-state index contributed by atoms with van der Waals surface area (Å²) in [7, 11) is 0. The number of carbonyl (C=O) groups is 2. The van der Waals surface area contributed by atoms with E-state index in [-0.39, 0.29) is 24.6 Å². The number of nitrogens with one attached hydrogen (secondary N) is 1. The van der Waals surface area contributed by atoms with Crippen LogP contribution in [0.25, 0.3) is 5.78 Å². The molecule has 3 aromatic rings. The van der Waals surface area contributed by atoms with Crippen LogP contribution in [0.4, 0.5) is 5.95 Å². The number of carbonyl (C=O) groups excluding carboxylic acids is 2. The maximum absolute atomic E-state index is 12.9. The lowest BCUT2D eigenvalue weighted by Crippen LogP contribution is -2.29. The number of benzene rings is 1. The van der Waals surface area contributed by atoms with E-state index in [2.05, 4.69) is 15.4 Å². The zero-order valence-electron chi connectivity index (χ0n) is 17.3. The van der Waals surface area contributed by atoms with Crippen LogP contribution in [0.1, 0.15) is 42.7 Å². The van der Waals surface area contributed by atoms with Crippen LogP contribution < -0.4 is 10.9 Å². The van der Waals surface area contributed by atoms with Gasteiger partial charge >= 0.3 is 11.9 Å². The number of hydrogen-bond acceptors (Lipinski definition) is 8. The summed E-state index contributed by atoms with van der Waals surface area (Å²) in [6.45, 7) is 5.47. The van der Waals surface area contributed by atoms with Crippen LogP contribution in [0.5, 0.6) is 0 Å². The number of ether oxygens (including phenoxy) is 2. The van der Waals surface area contributed by atoms with Crippen molar-refractivity contribution in [3.8, 4) is 0 Å². The first-order chi connectivity index (χ1) is 15.0. The smallest absolute Gasteiger partial charge is 0.345 e. The number of esters is 2. The third-order valence-corrected chi connectivity index (χ3v) is 4.90. The second-order valence-corrected chi connectivity index (χ2v) is 6.80. The molecule has 1 aliphatic rings. The molecule has 31 heavy (non-hydrogen) atoms. The predicted molar refractivity (Wildman–Crippen MR) is 111 cm³/mol. The number of hydrogen-bond donors (Lipinski definition) is 1. The summed E-state index contributed by atoms with van der Waals surface area (Å²) in [5, 5.41) is 7.38. The summed E-state index contributed by atoms with van der Waals surface area (Å²) in [6, 6.07) is 8.68.